The molecule has 0 aliphatic heterocycles. The molecule has 0 fully saturated rings. The van der Waals surface area contributed by atoms with Crippen LogP contribution in [0.2, 0.25) is 0 Å². The van der Waals surface area contributed by atoms with Crippen LogP contribution in [0.4, 0.5) is 4.79 Å². The van der Waals surface area contributed by atoms with Crippen molar-refractivity contribution in [1.29, 1.82) is 0 Å². The quantitative estimate of drug-likeness (QED) is 0.0700. The average Bonchev–Trinajstić information content (AvgIpc) is 3.47. The summed E-state index contributed by atoms with van der Waals surface area (Å²) < 4.78 is 10.0. The van der Waals surface area contributed by atoms with Gasteiger partial charge in [-0.3, -0.25) is 5.26 Å². The van der Waals surface area contributed by atoms with E-state index in [9.17, 15) is 9.90 Å². The van der Waals surface area contributed by atoms with Gasteiger partial charge in [-0.05, 0) is 76.4 Å². The van der Waals surface area contributed by atoms with E-state index in [1.807, 2.05) is 44.7 Å². The Kier molecular flexibility index (Phi) is 13.2. The summed E-state index contributed by atoms with van der Waals surface area (Å²) in [5.41, 5.74) is 4.16. The normalized spacial score (nSPS) is 10.9. The van der Waals surface area contributed by atoms with Crippen molar-refractivity contribution < 1.29 is 62.2 Å². The third-order valence-corrected chi connectivity index (χ3v) is 5.76. The van der Waals surface area contributed by atoms with Gasteiger partial charge in [-0.15, -0.1) is 0 Å². The molecule has 2 aromatic heterocycles. The van der Waals surface area contributed by atoms with Crippen molar-refractivity contribution in [2.75, 3.05) is 54.5 Å². The number of H-pyrrole nitrogens is 2. The number of phenolic OH excluding ortho intramolecular Hbond substituents is 1. The molecule has 4 rings (SSSR count). The van der Waals surface area contributed by atoms with Gasteiger partial charge in [0, 0.05) is 80.0 Å². The summed E-state index contributed by atoms with van der Waals surface area (Å²) in [6, 6.07) is 11.0. The van der Waals surface area contributed by atoms with Crippen LogP contribution in [0.1, 0.15) is 11.1 Å². The molecule has 203 valence electrons. The number of hydrogen-bond acceptors (Lipinski definition) is 8. The molecule has 4 N–H and O–H groups in total. The number of fused-ring (bicyclic) bond motifs is 2. The number of hydrogen-bond donors (Lipinski definition) is 4. The minimum absolute atomic E-state index is 0. The van der Waals surface area contributed by atoms with Gasteiger partial charge in [-0.2, -0.15) is 0 Å². The van der Waals surface area contributed by atoms with Crippen LogP contribution in [0.25, 0.3) is 21.8 Å². The first-order valence-corrected chi connectivity index (χ1v) is 12.1. The number of carbonyl (C=O) groups excluding carboxylic acids is 1. The van der Waals surface area contributed by atoms with Crippen molar-refractivity contribution in [3.63, 3.8) is 0 Å². The second-order valence-corrected chi connectivity index (χ2v) is 9.15. The minimum atomic E-state index is -0.829. The molecule has 0 spiro atoms. The van der Waals surface area contributed by atoms with E-state index >= 15 is 0 Å². The predicted molar refractivity (Wildman–Crippen MR) is 143 cm³/mol. The molecule has 0 saturated carbocycles. The third kappa shape index (κ3) is 9.08. The molecule has 0 bridgehead atoms. The molecule has 1 radical (unpaired) electrons. The molecule has 2 heterocycles. The largest absolute Gasteiger partial charge is 0.513 e. The van der Waals surface area contributed by atoms with E-state index in [2.05, 4.69) is 38.8 Å². The Morgan fingerprint density at radius 2 is 1.39 bits per heavy atom. The molecule has 2 aromatic carbocycles. The van der Waals surface area contributed by atoms with Crippen molar-refractivity contribution in [2.45, 2.75) is 12.8 Å². The van der Waals surface area contributed by atoms with E-state index in [4.69, 9.17) is 14.7 Å². The summed E-state index contributed by atoms with van der Waals surface area (Å²) in [7, 11) is 8.11. The van der Waals surface area contributed by atoms with Crippen LogP contribution in [-0.2, 0) is 55.2 Å². The zero-order valence-corrected chi connectivity index (χ0v) is 25.2. The maximum atomic E-state index is 11.6. The number of aromatic amines is 2. The Balaban J connectivity index is 0.000000277. The van der Waals surface area contributed by atoms with Gasteiger partial charge in [-0.25, -0.2) is 9.68 Å². The number of benzene rings is 2. The van der Waals surface area contributed by atoms with Crippen molar-refractivity contribution in [3.8, 4) is 11.5 Å². The molecule has 0 amide bonds. The molecule has 0 saturated heterocycles. The number of rotatable bonds is 10. The number of likely N-dealkylation sites (N-methyl/N-ethyl adjacent to an activating group) is 2. The predicted octanol–water partition coefficient (Wildman–Crippen LogP) is 4.25. The number of nitrogens with one attached hydrogen (secondary N) is 2. The maximum absolute atomic E-state index is 11.6. The van der Waals surface area contributed by atoms with Gasteiger partial charge in [0.05, 0.1) is 0 Å². The van der Waals surface area contributed by atoms with Crippen LogP contribution in [0, 0.1) is 0 Å². The molecule has 10 nitrogen and oxygen atoms in total. The minimum Gasteiger partial charge on any atom is -0.507 e. The number of ether oxygens (including phenoxy) is 2. The Morgan fingerprint density at radius 3 is 1.97 bits per heavy atom. The van der Waals surface area contributed by atoms with Gasteiger partial charge in [0.15, 0.2) is 0 Å². The summed E-state index contributed by atoms with van der Waals surface area (Å²) in [6.45, 7) is 1.70. The van der Waals surface area contributed by atoms with Crippen LogP contribution in [0.5, 0.6) is 11.5 Å². The van der Waals surface area contributed by atoms with Gasteiger partial charge < -0.3 is 34.3 Å². The van der Waals surface area contributed by atoms with Gasteiger partial charge >= 0.3 is 6.16 Å². The molecule has 0 unspecified atom stereocenters. The summed E-state index contributed by atoms with van der Waals surface area (Å²) in [5, 5.41) is 19.8. The fourth-order valence-corrected chi connectivity index (χ4v) is 3.90. The Hall–Kier alpha value is -2.47. The van der Waals surface area contributed by atoms with E-state index in [0.717, 1.165) is 53.3 Å². The Morgan fingerprint density at radius 1 is 0.842 bits per heavy atom. The number of nitrogens with zero attached hydrogens (tertiary/aromatic N) is 2. The third-order valence-electron chi connectivity index (χ3n) is 5.76. The van der Waals surface area contributed by atoms with Crippen LogP contribution < -0.4 is 4.74 Å². The maximum Gasteiger partial charge on any atom is 0.513 e. The summed E-state index contributed by atoms with van der Waals surface area (Å²) in [5.74, 6) is 0.810. The number of aromatic hydroxyl groups is 1. The second kappa shape index (κ2) is 15.8. The SMILES string of the molecule is CN(C)CCc1c[nH]c2cccc(O)c12.CN(C)CCc1c[nH]c2cccc(OC(=O)OCCOO)c12.[Y]. The van der Waals surface area contributed by atoms with Crippen LogP contribution in [0.15, 0.2) is 48.8 Å². The van der Waals surface area contributed by atoms with Crippen LogP contribution in [-0.4, -0.2) is 90.8 Å². The van der Waals surface area contributed by atoms with E-state index in [1.165, 1.54) is 5.56 Å². The smallest absolute Gasteiger partial charge is 0.507 e. The molecule has 4 aromatic rings. The summed E-state index contributed by atoms with van der Waals surface area (Å²) in [4.78, 5) is 26.0. The second-order valence-electron chi connectivity index (χ2n) is 9.15. The van der Waals surface area contributed by atoms with Crippen LogP contribution >= 0.6 is 0 Å². The zero-order valence-electron chi connectivity index (χ0n) is 22.4. The number of phenols is 1. The van der Waals surface area contributed by atoms with E-state index in [-0.39, 0.29) is 45.9 Å². The van der Waals surface area contributed by atoms with Crippen molar-refractivity contribution in [2.24, 2.45) is 0 Å². The first kappa shape index (κ1) is 31.7. The van der Waals surface area contributed by atoms with Gasteiger partial charge in [0.1, 0.15) is 24.7 Å². The van der Waals surface area contributed by atoms with Crippen LogP contribution in [0.3, 0.4) is 0 Å². The van der Waals surface area contributed by atoms with Gasteiger partial charge in [0.25, 0.3) is 0 Å². The van der Waals surface area contributed by atoms with Crippen molar-refractivity contribution >= 4 is 28.0 Å². The monoisotopic (exact) mass is 601 g/mol. The number of aromatic nitrogens is 2. The molecular weight excluding hydrogens is 565 g/mol. The standard InChI is InChI=1S/C15H20N2O5.C12H16N2O.Y/c1-17(2)7-6-11-10-16-12-4-3-5-13(14(11)12)22-15(18)20-8-9-21-19;1-14(2)7-6-9-8-13-10-4-3-5-11(15)12(9)10;/h3-5,10,16,19H,6-9H2,1-2H3;3-5,8,13,15H,6-7H2,1-2H3;. The molecule has 0 aliphatic carbocycles. The Labute approximate surface area is 247 Å². The average molecular weight is 602 g/mol. The topological polar surface area (TPSA) is 123 Å². The summed E-state index contributed by atoms with van der Waals surface area (Å²) >= 11 is 0. The Bertz CT molecular complexity index is 1290. The van der Waals surface area contributed by atoms with E-state index < -0.39 is 6.16 Å². The molecule has 0 atom stereocenters. The molecule has 11 heteroatoms. The zero-order chi connectivity index (χ0) is 26.8. The van der Waals surface area contributed by atoms with Crippen molar-refractivity contribution in [1.82, 2.24) is 19.8 Å². The number of carbonyl (C=O) groups is 1. The van der Waals surface area contributed by atoms with E-state index in [1.54, 1.807) is 18.2 Å². The first-order chi connectivity index (χ1) is 17.8. The first-order valence-electron chi connectivity index (χ1n) is 12.1. The van der Waals surface area contributed by atoms with Crippen molar-refractivity contribution in [3.05, 3.63) is 59.9 Å². The molecule has 0 aliphatic rings. The van der Waals surface area contributed by atoms with Gasteiger partial charge in [-0.1, -0.05) is 12.1 Å². The van der Waals surface area contributed by atoms with Gasteiger partial charge in [0.2, 0.25) is 0 Å². The van der Waals surface area contributed by atoms with E-state index in [0.29, 0.717) is 11.5 Å². The fourth-order valence-electron chi connectivity index (χ4n) is 3.90. The summed E-state index contributed by atoms with van der Waals surface area (Å²) in [6.07, 6.45) is 4.86. The molecule has 38 heavy (non-hydrogen) atoms. The fraction of sp³-hybridized carbons (Fsp3) is 0.370. The molecular formula is C27H36N4O6Y.